The molecule has 0 aliphatic heterocycles. The van der Waals surface area contributed by atoms with Gasteiger partial charge in [0.2, 0.25) is 0 Å². The van der Waals surface area contributed by atoms with Gasteiger partial charge in [-0.1, -0.05) is 6.07 Å². The van der Waals surface area contributed by atoms with Crippen LogP contribution in [-0.2, 0) is 0 Å². The molecular formula is C21H16N6O5. The molecule has 0 saturated heterocycles. The van der Waals surface area contributed by atoms with Gasteiger partial charge in [0.1, 0.15) is 11.0 Å². The van der Waals surface area contributed by atoms with Gasteiger partial charge < -0.3 is 5.32 Å². The van der Waals surface area contributed by atoms with Gasteiger partial charge in [-0.25, -0.2) is 0 Å². The predicted octanol–water partition coefficient (Wildman–Crippen LogP) is 4.11. The van der Waals surface area contributed by atoms with Crippen LogP contribution in [0, 0.1) is 34.1 Å². The van der Waals surface area contributed by atoms with Gasteiger partial charge in [0.15, 0.2) is 0 Å². The van der Waals surface area contributed by atoms with Crippen molar-refractivity contribution in [1.29, 1.82) is 0 Å². The van der Waals surface area contributed by atoms with Crippen LogP contribution in [0.3, 0.4) is 0 Å². The number of nitro benzene ring substituents is 2. The summed E-state index contributed by atoms with van der Waals surface area (Å²) in [5.41, 5.74) is 3.23. The Morgan fingerprint density at radius 1 is 0.844 bits per heavy atom. The molecule has 160 valence electrons. The lowest BCUT2D eigenvalue weighted by Crippen LogP contribution is -2.12. The van der Waals surface area contributed by atoms with E-state index in [0.717, 1.165) is 35.0 Å². The first-order chi connectivity index (χ1) is 15.2. The molecule has 1 amide bonds. The van der Waals surface area contributed by atoms with Gasteiger partial charge in [0.25, 0.3) is 17.3 Å². The predicted molar refractivity (Wildman–Crippen MR) is 116 cm³/mol. The molecule has 4 rings (SSSR count). The van der Waals surface area contributed by atoms with Crippen LogP contribution in [0.2, 0.25) is 0 Å². The number of nitrogens with zero attached hydrogens (tertiary/aromatic N) is 5. The van der Waals surface area contributed by atoms with E-state index in [2.05, 4.69) is 15.5 Å². The molecule has 3 aromatic carbocycles. The number of hydrogen-bond donors (Lipinski definition) is 1. The van der Waals surface area contributed by atoms with Crippen LogP contribution < -0.4 is 5.32 Å². The molecule has 4 aromatic rings. The normalized spacial score (nSPS) is 10.8. The molecule has 0 spiro atoms. The molecule has 0 aliphatic carbocycles. The summed E-state index contributed by atoms with van der Waals surface area (Å²) in [5, 5.41) is 33.6. The van der Waals surface area contributed by atoms with Crippen LogP contribution in [-0.4, -0.2) is 30.7 Å². The van der Waals surface area contributed by atoms with Crippen molar-refractivity contribution in [2.75, 3.05) is 5.32 Å². The lowest BCUT2D eigenvalue weighted by Gasteiger charge is -2.05. The Bertz CT molecular complexity index is 1380. The molecule has 32 heavy (non-hydrogen) atoms. The number of carbonyl (C=O) groups excluding carboxylic acids is 1. The zero-order valence-corrected chi connectivity index (χ0v) is 17.0. The molecule has 0 atom stereocenters. The van der Waals surface area contributed by atoms with Crippen molar-refractivity contribution in [1.82, 2.24) is 15.0 Å². The highest BCUT2D eigenvalue weighted by atomic mass is 16.6. The van der Waals surface area contributed by atoms with Crippen LogP contribution in [0.25, 0.3) is 16.7 Å². The van der Waals surface area contributed by atoms with E-state index in [0.29, 0.717) is 16.7 Å². The van der Waals surface area contributed by atoms with Crippen LogP contribution in [0.1, 0.15) is 21.5 Å². The minimum absolute atomic E-state index is 0.204. The van der Waals surface area contributed by atoms with Crippen LogP contribution in [0.15, 0.2) is 54.6 Å². The summed E-state index contributed by atoms with van der Waals surface area (Å²) < 4.78 is 0. The van der Waals surface area contributed by atoms with Crippen molar-refractivity contribution >= 4 is 34.0 Å². The second kappa shape index (κ2) is 7.87. The van der Waals surface area contributed by atoms with Crippen LogP contribution in [0.4, 0.5) is 17.1 Å². The summed E-state index contributed by atoms with van der Waals surface area (Å²) in [7, 11) is 0. The maximum Gasteiger partial charge on any atom is 0.277 e. The minimum Gasteiger partial charge on any atom is -0.322 e. The summed E-state index contributed by atoms with van der Waals surface area (Å²) in [6.45, 7) is 4.00. The quantitative estimate of drug-likeness (QED) is 0.369. The van der Waals surface area contributed by atoms with E-state index in [1.807, 2.05) is 32.0 Å². The third-order valence-electron chi connectivity index (χ3n) is 4.95. The zero-order valence-electron chi connectivity index (χ0n) is 17.0. The molecule has 0 radical (unpaired) electrons. The first kappa shape index (κ1) is 20.6. The number of fused-ring (bicyclic) bond motifs is 1. The number of hydrogen-bond acceptors (Lipinski definition) is 7. The van der Waals surface area contributed by atoms with E-state index in [4.69, 9.17) is 0 Å². The number of non-ortho nitro benzene ring substituents is 2. The number of nitro groups is 2. The molecule has 0 fully saturated rings. The molecule has 1 aromatic heterocycles. The third kappa shape index (κ3) is 3.99. The number of carbonyl (C=O) groups is 1. The Labute approximate surface area is 180 Å². The SMILES string of the molecule is Cc1ccc(-n2nc3ccc(NC(=O)c4cc([N+](=O)[O-])cc([N+](=O)[O-])c4)cc3n2)cc1C. The summed E-state index contributed by atoms with van der Waals surface area (Å²) in [6.07, 6.45) is 0. The number of aromatic nitrogens is 3. The van der Waals surface area contributed by atoms with Crippen molar-refractivity contribution in [3.05, 3.63) is 91.5 Å². The third-order valence-corrected chi connectivity index (χ3v) is 4.95. The molecule has 0 saturated carbocycles. The number of anilines is 1. The molecule has 1 heterocycles. The smallest absolute Gasteiger partial charge is 0.277 e. The van der Waals surface area contributed by atoms with Gasteiger partial charge in [0.05, 0.1) is 27.2 Å². The van der Waals surface area contributed by atoms with Gasteiger partial charge >= 0.3 is 0 Å². The van der Waals surface area contributed by atoms with Crippen molar-refractivity contribution in [3.63, 3.8) is 0 Å². The highest BCUT2D eigenvalue weighted by Gasteiger charge is 2.20. The highest BCUT2D eigenvalue weighted by Crippen LogP contribution is 2.24. The average molecular weight is 432 g/mol. The Morgan fingerprint density at radius 3 is 2.12 bits per heavy atom. The molecule has 0 bridgehead atoms. The minimum atomic E-state index is -0.791. The second-order valence-corrected chi connectivity index (χ2v) is 7.17. The van der Waals surface area contributed by atoms with Crippen molar-refractivity contribution in [2.24, 2.45) is 0 Å². The lowest BCUT2D eigenvalue weighted by molar-refractivity contribution is -0.394. The topological polar surface area (TPSA) is 146 Å². The summed E-state index contributed by atoms with van der Waals surface area (Å²) in [4.78, 5) is 34.6. The number of rotatable bonds is 5. The molecule has 11 nitrogen and oxygen atoms in total. The molecule has 1 N–H and O–H groups in total. The maximum atomic E-state index is 12.6. The van der Waals surface area contributed by atoms with E-state index >= 15 is 0 Å². The maximum absolute atomic E-state index is 12.6. The van der Waals surface area contributed by atoms with Crippen LogP contribution >= 0.6 is 0 Å². The number of amides is 1. The standard InChI is InChI=1S/C21H16N6O5/c1-12-3-5-16(7-13(12)2)25-23-19-6-4-15(10-20(19)24-25)22-21(28)14-8-17(26(29)30)11-18(9-14)27(31)32/h3-11H,1-2H3,(H,22,28). The van der Waals surface area contributed by atoms with Gasteiger partial charge in [-0.05, 0) is 55.3 Å². The average Bonchev–Trinajstić information content (AvgIpc) is 3.18. The van der Waals surface area contributed by atoms with E-state index < -0.39 is 27.1 Å². The Hall–Kier alpha value is -4.67. The Kier molecular flexibility index (Phi) is 5.07. The molecule has 11 heteroatoms. The Morgan fingerprint density at radius 2 is 1.50 bits per heavy atom. The number of nitrogens with one attached hydrogen (secondary N) is 1. The fraction of sp³-hybridized carbons (Fsp3) is 0.0952. The largest absolute Gasteiger partial charge is 0.322 e. The number of aryl methyl sites for hydroxylation is 2. The molecular weight excluding hydrogens is 416 g/mol. The van der Waals surface area contributed by atoms with Crippen molar-refractivity contribution < 1.29 is 14.6 Å². The monoisotopic (exact) mass is 432 g/mol. The van der Waals surface area contributed by atoms with Crippen molar-refractivity contribution in [2.45, 2.75) is 13.8 Å². The van der Waals surface area contributed by atoms with Gasteiger partial charge in [-0.2, -0.15) is 4.80 Å². The van der Waals surface area contributed by atoms with E-state index in [-0.39, 0.29) is 5.56 Å². The summed E-state index contributed by atoms with van der Waals surface area (Å²) in [5.74, 6) is -0.724. The van der Waals surface area contributed by atoms with Gasteiger partial charge in [-0.15, -0.1) is 10.2 Å². The van der Waals surface area contributed by atoms with Gasteiger partial charge in [-0.3, -0.25) is 25.0 Å². The summed E-state index contributed by atoms with van der Waals surface area (Å²) >= 11 is 0. The fourth-order valence-electron chi connectivity index (χ4n) is 3.10. The lowest BCUT2D eigenvalue weighted by atomic mass is 10.1. The van der Waals surface area contributed by atoms with E-state index in [1.165, 1.54) is 4.80 Å². The van der Waals surface area contributed by atoms with Gasteiger partial charge in [0, 0.05) is 17.8 Å². The Balaban J connectivity index is 1.63. The van der Waals surface area contributed by atoms with E-state index in [9.17, 15) is 25.0 Å². The van der Waals surface area contributed by atoms with E-state index in [1.54, 1.807) is 18.2 Å². The van der Waals surface area contributed by atoms with Crippen molar-refractivity contribution in [3.8, 4) is 5.69 Å². The molecule has 0 unspecified atom stereocenters. The first-order valence-corrected chi connectivity index (χ1v) is 9.41. The molecule has 0 aliphatic rings. The highest BCUT2D eigenvalue weighted by molar-refractivity contribution is 6.05. The first-order valence-electron chi connectivity index (χ1n) is 9.41. The fourth-order valence-corrected chi connectivity index (χ4v) is 3.10. The summed E-state index contributed by atoms with van der Waals surface area (Å²) in [6, 6.07) is 13.5. The number of benzene rings is 3. The van der Waals surface area contributed by atoms with Crippen LogP contribution in [0.5, 0.6) is 0 Å². The zero-order chi connectivity index (χ0) is 23.0. The second-order valence-electron chi connectivity index (χ2n) is 7.17.